The molecule has 3 N–H and O–H groups in total. The van der Waals surface area contributed by atoms with Crippen molar-refractivity contribution in [1.82, 2.24) is 0 Å². The second kappa shape index (κ2) is 4.06. The molecule has 0 fully saturated rings. The first-order valence-corrected chi connectivity index (χ1v) is 4.78. The van der Waals surface area contributed by atoms with Crippen LogP contribution in [0, 0.1) is 5.82 Å². The van der Waals surface area contributed by atoms with Crippen LogP contribution >= 0.6 is 15.9 Å². The molecule has 0 radical (unpaired) electrons. The summed E-state index contributed by atoms with van der Waals surface area (Å²) in [5, 5.41) is 27.3. The SMILES string of the molecule is CC(C(=O)O)c1c(O)c(O)cc(F)c1Br. The average molecular weight is 279 g/mol. The van der Waals surface area contributed by atoms with Crippen molar-refractivity contribution in [3.8, 4) is 11.5 Å². The zero-order valence-electron chi connectivity index (χ0n) is 7.66. The number of phenols is 2. The molecule has 0 heterocycles. The number of phenolic OH excluding ortho intramolecular Hbond substituents is 2. The number of aromatic hydroxyl groups is 2. The van der Waals surface area contributed by atoms with Gasteiger partial charge < -0.3 is 15.3 Å². The van der Waals surface area contributed by atoms with E-state index in [-0.39, 0.29) is 10.0 Å². The van der Waals surface area contributed by atoms with E-state index in [9.17, 15) is 14.3 Å². The van der Waals surface area contributed by atoms with Gasteiger partial charge in [-0.1, -0.05) is 0 Å². The van der Waals surface area contributed by atoms with Crippen molar-refractivity contribution in [1.29, 1.82) is 0 Å². The summed E-state index contributed by atoms with van der Waals surface area (Å²) in [6, 6.07) is 0.706. The highest BCUT2D eigenvalue weighted by atomic mass is 79.9. The van der Waals surface area contributed by atoms with E-state index in [1.54, 1.807) is 0 Å². The van der Waals surface area contributed by atoms with Crippen LogP contribution < -0.4 is 0 Å². The van der Waals surface area contributed by atoms with E-state index in [4.69, 9.17) is 10.2 Å². The summed E-state index contributed by atoms with van der Waals surface area (Å²) in [6.45, 7) is 1.28. The third-order valence-corrected chi connectivity index (χ3v) is 2.82. The maximum absolute atomic E-state index is 13.1. The molecule has 0 aliphatic rings. The molecule has 0 bridgehead atoms. The van der Waals surface area contributed by atoms with Crippen molar-refractivity contribution in [2.45, 2.75) is 12.8 Å². The summed E-state index contributed by atoms with van der Waals surface area (Å²) in [6.07, 6.45) is 0. The lowest BCUT2D eigenvalue weighted by Crippen LogP contribution is -2.09. The van der Waals surface area contributed by atoms with Crippen LogP contribution in [-0.2, 0) is 4.79 Å². The first kappa shape index (κ1) is 11.8. The number of carboxylic acid groups (broad SMARTS) is 1. The van der Waals surface area contributed by atoms with Crippen molar-refractivity contribution in [2.75, 3.05) is 0 Å². The Labute approximate surface area is 93.1 Å². The topological polar surface area (TPSA) is 77.8 Å². The molecule has 1 aromatic rings. The van der Waals surface area contributed by atoms with Crippen molar-refractivity contribution in [3.63, 3.8) is 0 Å². The summed E-state index contributed by atoms with van der Waals surface area (Å²) in [7, 11) is 0. The van der Waals surface area contributed by atoms with Gasteiger partial charge in [0.15, 0.2) is 11.5 Å². The highest BCUT2D eigenvalue weighted by Crippen LogP contribution is 2.40. The molecule has 6 heteroatoms. The van der Waals surface area contributed by atoms with E-state index in [2.05, 4.69) is 15.9 Å². The second-order valence-electron chi connectivity index (χ2n) is 3.01. The molecule has 4 nitrogen and oxygen atoms in total. The van der Waals surface area contributed by atoms with Crippen molar-refractivity contribution in [3.05, 3.63) is 21.9 Å². The predicted octanol–water partition coefficient (Wildman–Crippen LogP) is 2.19. The lowest BCUT2D eigenvalue weighted by molar-refractivity contribution is -0.138. The molecule has 0 aromatic heterocycles. The first-order chi connectivity index (χ1) is 6.86. The van der Waals surface area contributed by atoms with E-state index in [1.165, 1.54) is 6.92 Å². The van der Waals surface area contributed by atoms with Crippen molar-refractivity contribution in [2.24, 2.45) is 0 Å². The van der Waals surface area contributed by atoms with E-state index in [1.807, 2.05) is 0 Å². The fraction of sp³-hybridized carbons (Fsp3) is 0.222. The van der Waals surface area contributed by atoms with Gasteiger partial charge >= 0.3 is 5.97 Å². The highest BCUT2D eigenvalue weighted by molar-refractivity contribution is 9.10. The highest BCUT2D eigenvalue weighted by Gasteiger charge is 2.25. The minimum Gasteiger partial charge on any atom is -0.504 e. The Hall–Kier alpha value is -1.30. The number of carbonyl (C=O) groups is 1. The molecule has 0 saturated heterocycles. The van der Waals surface area contributed by atoms with Crippen molar-refractivity contribution < 1.29 is 24.5 Å². The lowest BCUT2D eigenvalue weighted by atomic mass is 10.00. The van der Waals surface area contributed by atoms with E-state index >= 15 is 0 Å². The van der Waals surface area contributed by atoms with E-state index in [0.717, 1.165) is 0 Å². The third kappa shape index (κ3) is 2.04. The number of rotatable bonds is 2. The smallest absolute Gasteiger partial charge is 0.310 e. The number of hydrogen-bond donors (Lipinski definition) is 3. The van der Waals surface area contributed by atoms with Crippen LogP contribution in [0.15, 0.2) is 10.5 Å². The van der Waals surface area contributed by atoms with Gasteiger partial charge in [0, 0.05) is 11.6 Å². The second-order valence-corrected chi connectivity index (χ2v) is 3.81. The molecule has 1 rings (SSSR count). The maximum Gasteiger partial charge on any atom is 0.310 e. The van der Waals surface area contributed by atoms with Crippen LogP contribution in [0.3, 0.4) is 0 Å². The van der Waals surface area contributed by atoms with E-state index < -0.39 is 29.2 Å². The van der Waals surface area contributed by atoms with Gasteiger partial charge in [0.1, 0.15) is 5.82 Å². The number of benzene rings is 1. The molecule has 15 heavy (non-hydrogen) atoms. The first-order valence-electron chi connectivity index (χ1n) is 3.98. The molecule has 0 saturated carbocycles. The van der Waals surface area contributed by atoms with E-state index in [0.29, 0.717) is 6.07 Å². The fourth-order valence-corrected chi connectivity index (χ4v) is 1.79. The monoisotopic (exact) mass is 278 g/mol. The Kier molecular flexibility index (Phi) is 3.18. The maximum atomic E-state index is 13.1. The minimum atomic E-state index is -1.23. The summed E-state index contributed by atoms with van der Waals surface area (Å²) in [5.41, 5.74) is -0.181. The molecule has 0 aliphatic carbocycles. The predicted molar refractivity (Wildman–Crippen MR) is 53.5 cm³/mol. The van der Waals surface area contributed by atoms with Crippen LogP contribution in [0.4, 0.5) is 4.39 Å². The van der Waals surface area contributed by atoms with Crippen LogP contribution in [-0.4, -0.2) is 21.3 Å². The van der Waals surface area contributed by atoms with Crippen LogP contribution in [0.2, 0.25) is 0 Å². The van der Waals surface area contributed by atoms with Gasteiger partial charge in [-0.05, 0) is 22.9 Å². The summed E-state index contributed by atoms with van der Waals surface area (Å²) in [5.74, 6) is -4.48. The number of hydrogen-bond acceptors (Lipinski definition) is 3. The number of aliphatic carboxylic acids is 1. The quantitative estimate of drug-likeness (QED) is 0.725. The molecular formula is C9H8BrFO4. The Bertz CT molecular complexity index is 393. The van der Waals surface area contributed by atoms with Gasteiger partial charge in [0.25, 0.3) is 0 Å². The lowest BCUT2D eigenvalue weighted by Gasteiger charge is -2.13. The average Bonchev–Trinajstić information content (AvgIpc) is 2.15. The van der Waals surface area contributed by atoms with Gasteiger partial charge in [-0.3, -0.25) is 4.79 Å². The Morgan fingerprint density at radius 3 is 2.53 bits per heavy atom. The fourth-order valence-electron chi connectivity index (χ4n) is 1.14. The molecule has 0 spiro atoms. The van der Waals surface area contributed by atoms with Gasteiger partial charge in [-0.15, -0.1) is 0 Å². The summed E-state index contributed by atoms with van der Waals surface area (Å²) < 4.78 is 13.0. The third-order valence-electron chi connectivity index (χ3n) is 2.01. The standard InChI is InChI=1S/C9H8BrFO4/c1-3(9(14)15)6-7(10)4(11)2-5(12)8(6)13/h2-3,12-13H,1H3,(H,14,15). The molecular weight excluding hydrogens is 271 g/mol. The van der Waals surface area contributed by atoms with Crippen molar-refractivity contribution >= 4 is 21.9 Å². The zero-order valence-corrected chi connectivity index (χ0v) is 9.25. The minimum absolute atomic E-state index is 0.160. The van der Waals surface area contributed by atoms with Gasteiger partial charge in [-0.25, -0.2) is 4.39 Å². The Balaban J connectivity index is 3.45. The number of halogens is 2. The summed E-state index contributed by atoms with van der Waals surface area (Å²) in [4.78, 5) is 10.7. The van der Waals surface area contributed by atoms with Gasteiger partial charge in [0.2, 0.25) is 0 Å². The molecule has 1 unspecified atom stereocenters. The van der Waals surface area contributed by atoms with Gasteiger partial charge in [0.05, 0.1) is 10.4 Å². The zero-order chi connectivity index (χ0) is 11.7. The summed E-state index contributed by atoms with van der Waals surface area (Å²) >= 11 is 2.82. The van der Waals surface area contributed by atoms with Gasteiger partial charge in [-0.2, -0.15) is 0 Å². The molecule has 1 aromatic carbocycles. The molecule has 0 amide bonds. The number of carboxylic acids is 1. The Morgan fingerprint density at radius 1 is 1.53 bits per heavy atom. The van der Waals surface area contributed by atoms with Crippen LogP contribution in [0.25, 0.3) is 0 Å². The molecule has 1 atom stereocenters. The normalized spacial score (nSPS) is 12.5. The molecule has 0 aliphatic heterocycles. The largest absolute Gasteiger partial charge is 0.504 e. The van der Waals surface area contributed by atoms with Crippen LogP contribution in [0.1, 0.15) is 18.4 Å². The Morgan fingerprint density at radius 2 is 2.07 bits per heavy atom. The molecule has 82 valence electrons. The van der Waals surface area contributed by atoms with Crippen LogP contribution in [0.5, 0.6) is 11.5 Å².